The quantitative estimate of drug-likeness (QED) is 0.481. The van der Waals surface area contributed by atoms with Gasteiger partial charge in [-0.05, 0) is 35.7 Å². The Morgan fingerprint density at radius 1 is 0.960 bits per heavy atom. The predicted molar refractivity (Wildman–Crippen MR) is 99.2 cm³/mol. The molecule has 0 atom stereocenters. The van der Waals surface area contributed by atoms with Crippen LogP contribution in [0.3, 0.4) is 0 Å². The average Bonchev–Trinajstić information content (AvgIpc) is 2.61. The maximum Gasteiger partial charge on any atom is 0.352 e. The van der Waals surface area contributed by atoms with Crippen LogP contribution in [0, 0.1) is 0 Å². The molecule has 4 rings (SSSR count). The topological polar surface area (TPSA) is 56.9 Å². The molecule has 2 aromatic carbocycles. The summed E-state index contributed by atoms with van der Waals surface area (Å²) in [6.45, 7) is 0. The van der Waals surface area contributed by atoms with Gasteiger partial charge in [0.1, 0.15) is 0 Å². The van der Waals surface area contributed by atoms with Crippen molar-refractivity contribution in [3.8, 4) is 17.1 Å². The summed E-state index contributed by atoms with van der Waals surface area (Å²) >= 11 is 12.2. The van der Waals surface area contributed by atoms with Crippen LogP contribution in [-0.2, 0) is 7.05 Å². The molecule has 25 heavy (non-hydrogen) atoms. The van der Waals surface area contributed by atoms with E-state index in [0.29, 0.717) is 21.3 Å². The molecule has 0 N–H and O–H groups in total. The highest BCUT2D eigenvalue weighted by Crippen LogP contribution is 2.30. The van der Waals surface area contributed by atoms with E-state index in [1.165, 1.54) is 7.05 Å². The van der Waals surface area contributed by atoms with Gasteiger partial charge < -0.3 is 0 Å². The first kappa shape index (κ1) is 15.9. The molecule has 0 bridgehead atoms. The molecule has 0 saturated heterocycles. The Morgan fingerprint density at radius 2 is 1.72 bits per heavy atom. The standard InChI is InChI=1S/C18H11Cl2N3O2/c1-22-17(24)12-8-10-4-2-3-5-15(10)23(16(12)21-18(22)25)11-6-7-13(19)14(20)9-11/h2-9H,1H3. The Labute approximate surface area is 152 Å². The van der Waals surface area contributed by atoms with Gasteiger partial charge in [-0.3, -0.25) is 13.9 Å². The summed E-state index contributed by atoms with van der Waals surface area (Å²) in [6, 6.07) is 14.4. The molecule has 5 nitrogen and oxygen atoms in total. The fourth-order valence-electron chi connectivity index (χ4n) is 2.85. The van der Waals surface area contributed by atoms with Gasteiger partial charge >= 0.3 is 5.69 Å². The van der Waals surface area contributed by atoms with Crippen molar-refractivity contribution in [1.29, 1.82) is 0 Å². The van der Waals surface area contributed by atoms with Crippen LogP contribution in [0.4, 0.5) is 0 Å². The van der Waals surface area contributed by atoms with Crippen LogP contribution in [0.25, 0.3) is 28.0 Å². The van der Waals surface area contributed by atoms with Gasteiger partial charge in [-0.2, -0.15) is 4.98 Å². The fraction of sp³-hybridized carbons (Fsp3) is 0.0556. The normalized spacial score (nSPS) is 11.3. The molecule has 0 amide bonds. The summed E-state index contributed by atoms with van der Waals surface area (Å²) in [4.78, 5) is 28.8. The number of halogens is 2. The third-order valence-corrected chi connectivity index (χ3v) is 4.85. The molecule has 2 aliphatic heterocycles. The predicted octanol–water partition coefficient (Wildman–Crippen LogP) is 3.50. The van der Waals surface area contributed by atoms with Crippen molar-refractivity contribution in [3.05, 3.63) is 79.4 Å². The first-order chi connectivity index (χ1) is 12.0. The molecular weight excluding hydrogens is 361 g/mol. The summed E-state index contributed by atoms with van der Waals surface area (Å²) in [5.41, 5.74) is 0.813. The van der Waals surface area contributed by atoms with Crippen LogP contribution in [0.2, 0.25) is 10.0 Å². The van der Waals surface area contributed by atoms with Crippen molar-refractivity contribution in [3.63, 3.8) is 0 Å². The summed E-state index contributed by atoms with van der Waals surface area (Å²) in [6.07, 6.45) is 0. The zero-order valence-corrected chi connectivity index (χ0v) is 14.5. The number of fused-ring (bicyclic) bond motifs is 2. The number of hydrogen-bond donors (Lipinski definition) is 0. The zero-order chi connectivity index (χ0) is 17.7. The monoisotopic (exact) mass is 371 g/mol. The zero-order valence-electron chi connectivity index (χ0n) is 13.0. The first-order valence-electron chi connectivity index (χ1n) is 7.44. The van der Waals surface area contributed by atoms with E-state index in [0.717, 1.165) is 15.5 Å². The number of para-hydroxylation sites is 1. The van der Waals surface area contributed by atoms with Gasteiger partial charge in [0, 0.05) is 12.7 Å². The van der Waals surface area contributed by atoms with Crippen LogP contribution in [0.5, 0.6) is 0 Å². The van der Waals surface area contributed by atoms with Crippen molar-refractivity contribution in [2.24, 2.45) is 7.05 Å². The molecule has 0 fully saturated rings. The highest BCUT2D eigenvalue weighted by molar-refractivity contribution is 6.42. The smallest absolute Gasteiger partial charge is 0.294 e. The third kappa shape index (κ3) is 2.44. The lowest BCUT2D eigenvalue weighted by Crippen LogP contribution is -2.35. The van der Waals surface area contributed by atoms with E-state index < -0.39 is 11.2 Å². The van der Waals surface area contributed by atoms with E-state index in [4.69, 9.17) is 23.2 Å². The number of aromatic nitrogens is 3. The minimum atomic E-state index is -0.610. The van der Waals surface area contributed by atoms with Crippen molar-refractivity contribution in [2.75, 3.05) is 0 Å². The Balaban J connectivity index is 2.25. The van der Waals surface area contributed by atoms with E-state index >= 15 is 0 Å². The van der Waals surface area contributed by atoms with Gasteiger partial charge in [0.25, 0.3) is 5.56 Å². The molecule has 0 unspecified atom stereocenters. The molecule has 0 aliphatic carbocycles. The highest BCUT2D eigenvalue weighted by atomic mass is 35.5. The lowest BCUT2D eigenvalue weighted by atomic mass is 10.1. The number of hydrogen-bond acceptors (Lipinski definition) is 3. The second-order valence-corrected chi connectivity index (χ2v) is 6.45. The summed E-state index contributed by atoms with van der Waals surface area (Å²) in [7, 11) is 1.41. The van der Waals surface area contributed by atoms with Crippen molar-refractivity contribution in [1.82, 2.24) is 14.1 Å². The van der Waals surface area contributed by atoms with Gasteiger partial charge in [0.05, 0.1) is 21.1 Å². The van der Waals surface area contributed by atoms with Crippen LogP contribution in [0.15, 0.2) is 58.1 Å². The van der Waals surface area contributed by atoms with Gasteiger partial charge in [-0.1, -0.05) is 41.4 Å². The van der Waals surface area contributed by atoms with Crippen molar-refractivity contribution < 1.29 is 0 Å². The minimum absolute atomic E-state index is 0.283. The van der Waals surface area contributed by atoms with Gasteiger partial charge in [-0.25, -0.2) is 4.79 Å². The van der Waals surface area contributed by atoms with Crippen LogP contribution < -0.4 is 11.2 Å². The van der Waals surface area contributed by atoms with Crippen molar-refractivity contribution >= 4 is 34.1 Å². The summed E-state index contributed by atoms with van der Waals surface area (Å²) in [5, 5.41) is 1.64. The number of benzene rings is 2. The number of pyridine rings is 1. The number of nitrogens with zero attached hydrogens (tertiary/aromatic N) is 3. The van der Waals surface area contributed by atoms with Crippen molar-refractivity contribution in [2.45, 2.75) is 0 Å². The maximum atomic E-state index is 12.6. The van der Waals surface area contributed by atoms with Gasteiger partial charge in [0.15, 0.2) is 5.82 Å². The van der Waals surface area contributed by atoms with E-state index in [-0.39, 0.29) is 5.82 Å². The minimum Gasteiger partial charge on any atom is -0.294 e. The van der Waals surface area contributed by atoms with Crippen LogP contribution >= 0.6 is 23.2 Å². The Morgan fingerprint density at radius 3 is 2.48 bits per heavy atom. The molecule has 2 aliphatic rings. The molecule has 2 heterocycles. The molecule has 0 aromatic heterocycles. The van der Waals surface area contributed by atoms with Gasteiger partial charge in [0.2, 0.25) is 0 Å². The lowest BCUT2D eigenvalue weighted by Gasteiger charge is -2.18. The SMILES string of the molecule is Cn1c(=O)nc2n(-c3ccc(Cl)c(Cl)c3)c3ccccc3cc-2c1=O. The lowest BCUT2D eigenvalue weighted by molar-refractivity contribution is 0.766. The first-order valence-corrected chi connectivity index (χ1v) is 8.20. The second kappa shape index (κ2) is 5.72. The van der Waals surface area contributed by atoms with E-state index in [1.807, 2.05) is 24.3 Å². The molecular formula is C18H11Cl2N3O2. The summed E-state index contributed by atoms with van der Waals surface area (Å²) < 4.78 is 2.74. The Kier molecular flexibility index (Phi) is 3.63. The second-order valence-electron chi connectivity index (χ2n) is 5.63. The molecule has 0 radical (unpaired) electrons. The molecule has 7 heteroatoms. The fourth-order valence-corrected chi connectivity index (χ4v) is 3.15. The molecule has 124 valence electrons. The highest BCUT2D eigenvalue weighted by Gasteiger charge is 2.19. The van der Waals surface area contributed by atoms with Gasteiger partial charge in [-0.15, -0.1) is 0 Å². The van der Waals surface area contributed by atoms with E-state index in [1.54, 1.807) is 28.8 Å². The molecule has 0 saturated carbocycles. The Hall–Kier alpha value is -2.63. The largest absolute Gasteiger partial charge is 0.352 e. The van der Waals surface area contributed by atoms with Crippen LogP contribution in [-0.4, -0.2) is 14.1 Å². The maximum absolute atomic E-state index is 12.6. The number of rotatable bonds is 1. The van der Waals surface area contributed by atoms with E-state index in [2.05, 4.69) is 4.98 Å². The molecule has 2 aromatic rings. The van der Waals surface area contributed by atoms with E-state index in [9.17, 15) is 9.59 Å². The Bertz CT molecular complexity index is 1230. The molecule has 0 spiro atoms. The summed E-state index contributed by atoms with van der Waals surface area (Å²) in [5.74, 6) is 0.283. The average molecular weight is 372 g/mol. The third-order valence-electron chi connectivity index (χ3n) is 4.12. The van der Waals surface area contributed by atoms with Crippen LogP contribution in [0.1, 0.15) is 0 Å².